The molecule has 1 unspecified atom stereocenters. The third kappa shape index (κ3) is 3.71. The number of carbonyl (C=O) groups is 2. The van der Waals surface area contributed by atoms with Crippen LogP contribution in [0.4, 0.5) is 0 Å². The summed E-state index contributed by atoms with van der Waals surface area (Å²) >= 11 is 0. The molecule has 1 atom stereocenters. The molecule has 6 heteroatoms. The van der Waals surface area contributed by atoms with Gasteiger partial charge in [0, 0.05) is 19.6 Å². The number of nitrogens with one attached hydrogen (secondary N) is 1. The minimum Gasteiger partial charge on any atom is -0.336 e. The highest BCUT2D eigenvalue weighted by atomic mass is 16.2. The van der Waals surface area contributed by atoms with E-state index in [9.17, 15) is 9.59 Å². The second kappa shape index (κ2) is 6.21. The fraction of sp³-hybridized carbons (Fsp3) is 0.727. The Labute approximate surface area is 101 Å². The number of nitriles is 1. The molecule has 94 valence electrons. The number of amides is 2. The average molecular weight is 238 g/mol. The molecular weight excluding hydrogens is 220 g/mol. The highest BCUT2D eigenvalue weighted by Crippen LogP contribution is 2.15. The van der Waals surface area contributed by atoms with E-state index in [1.165, 1.54) is 4.90 Å². The van der Waals surface area contributed by atoms with Crippen molar-refractivity contribution in [1.29, 1.82) is 5.26 Å². The molecule has 1 aliphatic heterocycles. The van der Waals surface area contributed by atoms with E-state index in [1.54, 1.807) is 13.1 Å². The maximum Gasteiger partial charge on any atom is 0.311 e. The lowest BCUT2D eigenvalue weighted by molar-refractivity contribution is -0.145. The lowest BCUT2D eigenvalue weighted by Gasteiger charge is -2.25. The Bertz CT molecular complexity index is 337. The predicted molar refractivity (Wildman–Crippen MR) is 61.9 cm³/mol. The van der Waals surface area contributed by atoms with E-state index in [0.29, 0.717) is 12.6 Å². The molecule has 0 saturated carbocycles. The van der Waals surface area contributed by atoms with Crippen LogP contribution in [-0.2, 0) is 9.59 Å². The molecule has 0 aliphatic carbocycles. The molecule has 1 heterocycles. The van der Waals surface area contributed by atoms with E-state index in [0.717, 1.165) is 19.4 Å². The van der Waals surface area contributed by atoms with E-state index in [4.69, 9.17) is 5.26 Å². The maximum absolute atomic E-state index is 11.6. The molecule has 0 spiro atoms. The Balaban J connectivity index is 2.41. The van der Waals surface area contributed by atoms with Gasteiger partial charge in [0.1, 0.15) is 6.54 Å². The molecule has 1 N–H and O–H groups in total. The van der Waals surface area contributed by atoms with Crippen LogP contribution in [-0.4, -0.2) is 61.4 Å². The van der Waals surface area contributed by atoms with Gasteiger partial charge in [-0.2, -0.15) is 5.26 Å². The zero-order chi connectivity index (χ0) is 12.8. The molecule has 0 bridgehead atoms. The Hall–Kier alpha value is -1.61. The van der Waals surface area contributed by atoms with Crippen LogP contribution in [0.3, 0.4) is 0 Å². The third-order valence-corrected chi connectivity index (χ3v) is 3.03. The number of hydrogen-bond acceptors (Lipinski definition) is 4. The predicted octanol–water partition coefficient (Wildman–Crippen LogP) is -0.821. The standard InChI is InChI=1S/C11H18N4O2/c1-14-7-3-4-9(14)8-15(2)11(17)10(16)13-6-5-12/h9H,3-4,6-8H2,1-2H3,(H,13,16). The summed E-state index contributed by atoms with van der Waals surface area (Å²) in [6, 6.07) is 2.09. The zero-order valence-electron chi connectivity index (χ0n) is 10.3. The van der Waals surface area contributed by atoms with Crippen LogP contribution in [0.1, 0.15) is 12.8 Å². The summed E-state index contributed by atoms with van der Waals surface area (Å²) in [6.45, 7) is 1.45. The Morgan fingerprint density at radius 3 is 2.82 bits per heavy atom. The smallest absolute Gasteiger partial charge is 0.311 e. The minimum absolute atomic E-state index is 0.137. The summed E-state index contributed by atoms with van der Waals surface area (Å²) < 4.78 is 0. The Kier molecular flexibility index (Phi) is 4.91. The van der Waals surface area contributed by atoms with Crippen molar-refractivity contribution >= 4 is 11.8 Å². The molecular formula is C11H18N4O2. The van der Waals surface area contributed by atoms with E-state index in [2.05, 4.69) is 10.2 Å². The summed E-state index contributed by atoms with van der Waals surface area (Å²) in [7, 11) is 3.63. The lowest BCUT2D eigenvalue weighted by Crippen LogP contribution is -2.45. The van der Waals surface area contributed by atoms with Crippen LogP contribution in [0.5, 0.6) is 0 Å². The number of nitrogens with zero attached hydrogens (tertiary/aromatic N) is 3. The lowest BCUT2D eigenvalue weighted by atomic mass is 10.2. The molecule has 1 aliphatic rings. The number of rotatable bonds is 3. The molecule has 0 aromatic rings. The molecule has 1 saturated heterocycles. The molecule has 1 fully saturated rings. The van der Waals surface area contributed by atoms with Crippen LogP contribution in [0.15, 0.2) is 0 Å². The van der Waals surface area contributed by atoms with Crippen molar-refractivity contribution in [3.8, 4) is 6.07 Å². The fourth-order valence-electron chi connectivity index (χ4n) is 1.98. The molecule has 17 heavy (non-hydrogen) atoms. The highest BCUT2D eigenvalue weighted by Gasteiger charge is 2.26. The second-order valence-electron chi connectivity index (χ2n) is 4.30. The van der Waals surface area contributed by atoms with Gasteiger partial charge >= 0.3 is 11.8 Å². The van der Waals surface area contributed by atoms with Gasteiger partial charge in [0.15, 0.2) is 0 Å². The average Bonchev–Trinajstić information content (AvgIpc) is 2.70. The number of hydrogen-bond donors (Lipinski definition) is 1. The van der Waals surface area contributed by atoms with Gasteiger partial charge in [-0.1, -0.05) is 0 Å². The Morgan fingerprint density at radius 1 is 1.59 bits per heavy atom. The van der Waals surface area contributed by atoms with Gasteiger partial charge in [0.2, 0.25) is 0 Å². The fourth-order valence-corrected chi connectivity index (χ4v) is 1.98. The van der Waals surface area contributed by atoms with Crippen LogP contribution in [0, 0.1) is 11.3 Å². The first-order chi connectivity index (χ1) is 8.06. The van der Waals surface area contributed by atoms with E-state index in [1.807, 2.05) is 7.05 Å². The van der Waals surface area contributed by atoms with Crippen molar-refractivity contribution in [2.24, 2.45) is 0 Å². The quantitative estimate of drug-likeness (QED) is 0.515. The third-order valence-electron chi connectivity index (χ3n) is 3.03. The van der Waals surface area contributed by atoms with Gasteiger partial charge in [-0.15, -0.1) is 0 Å². The first kappa shape index (κ1) is 13.5. The highest BCUT2D eigenvalue weighted by molar-refractivity contribution is 6.34. The van der Waals surface area contributed by atoms with Crippen molar-refractivity contribution in [3.05, 3.63) is 0 Å². The normalized spacial score (nSPS) is 19.7. The minimum atomic E-state index is -0.713. The van der Waals surface area contributed by atoms with E-state index in [-0.39, 0.29) is 6.54 Å². The summed E-state index contributed by atoms with van der Waals surface area (Å²) in [5.41, 5.74) is 0. The summed E-state index contributed by atoms with van der Waals surface area (Å²) in [5, 5.41) is 10.5. The van der Waals surface area contributed by atoms with Crippen LogP contribution in [0.25, 0.3) is 0 Å². The van der Waals surface area contributed by atoms with Gasteiger partial charge in [0.25, 0.3) is 0 Å². The molecule has 0 aromatic heterocycles. The number of likely N-dealkylation sites (N-methyl/N-ethyl adjacent to an activating group) is 2. The molecule has 0 radical (unpaired) electrons. The van der Waals surface area contributed by atoms with Crippen LogP contribution in [0.2, 0.25) is 0 Å². The molecule has 1 rings (SSSR count). The van der Waals surface area contributed by atoms with E-state index >= 15 is 0 Å². The molecule has 0 aromatic carbocycles. The van der Waals surface area contributed by atoms with E-state index < -0.39 is 11.8 Å². The largest absolute Gasteiger partial charge is 0.336 e. The SMILES string of the molecule is CN(CC1CCCN1C)C(=O)C(=O)NCC#N. The summed E-state index contributed by atoms with van der Waals surface area (Å²) in [5.74, 6) is -1.30. The van der Waals surface area contributed by atoms with Crippen LogP contribution < -0.4 is 5.32 Å². The second-order valence-corrected chi connectivity index (χ2v) is 4.30. The van der Waals surface area contributed by atoms with Crippen molar-refractivity contribution in [2.45, 2.75) is 18.9 Å². The topological polar surface area (TPSA) is 76.4 Å². The van der Waals surface area contributed by atoms with Gasteiger partial charge in [-0.25, -0.2) is 0 Å². The van der Waals surface area contributed by atoms with Crippen LogP contribution >= 0.6 is 0 Å². The first-order valence-electron chi connectivity index (χ1n) is 5.66. The summed E-state index contributed by atoms with van der Waals surface area (Å²) in [6.07, 6.45) is 2.18. The van der Waals surface area contributed by atoms with Gasteiger partial charge in [-0.3, -0.25) is 9.59 Å². The molecule has 6 nitrogen and oxygen atoms in total. The summed E-state index contributed by atoms with van der Waals surface area (Å²) in [4.78, 5) is 26.6. The van der Waals surface area contributed by atoms with Crippen molar-refractivity contribution < 1.29 is 9.59 Å². The van der Waals surface area contributed by atoms with Crippen molar-refractivity contribution in [1.82, 2.24) is 15.1 Å². The number of carbonyl (C=O) groups excluding carboxylic acids is 2. The first-order valence-corrected chi connectivity index (χ1v) is 5.66. The van der Waals surface area contributed by atoms with Gasteiger partial charge in [0.05, 0.1) is 6.07 Å². The maximum atomic E-state index is 11.6. The monoisotopic (exact) mass is 238 g/mol. The Morgan fingerprint density at radius 2 is 2.29 bits per heavy atom. The van der Waals surface area contributed by atoms with Crippen molar-refractivity contribution in [3.63, 3.8) is 0 Å². The number of likely N-dealkylation sites (tertiary alicyclic amines) is 1. The zero-order valence-corrected chi connectivity index (χ0v) is 10.3. The molecule has 2 amide bonds. The van der Waals surface area contributed by atoms with Crippen molar-refractivity contribution in [2.75, 3.05) is 33.7 Å². The van der Waals surface area contributed by atoms with Gasteiger partial charge < -0.3 is 15.1 Å². The van der Waals surface area contributed by atoms with Gasteiger partial charge in [-0.05, 0) is 26.4 Å².